The Balaban J connectivity index is 1.96. The van der Waals surface area contributed by atoms with E-state index in [-0.39, 0.29) is 99.1 Å². The summed E-state index contributed by atoms with van der Waals surface area (Å²) >= 11 is 0. The smallest absolute Gasteiger partial charge is 0.335 e. The van der Waals surface area contributed by atoms with Gasteiger partial charge in [-0.15, -0.1) is 0 Å². The number of hydrogen-bond donors (Lipinski definition) is 6. The minimum absolute atomic E-state index is 0.0394. The van der Waals surface area contributed by atoms with Crippen molar-refractivity contribution in [3.8, 4) is 5.75 Å². The zero-order chi connectivity index (χ0) is 50.9. The molecule has 19 heteroatoms. The fourth-order valence-electron chi connectivity index (χ4n) is 7.17. The fourth-order valence-corrected chi connectivity index (χ4v) is 7.17. The number of aromatic carboxylic acids is 1. The molecular weight excluding hydrogens is 897 g/mol. The van der Waals surface area contributed by atoms with E-state index in [1.165, 1.54) is 19.1 Å². The molecule has 0 aromatic heterocycles. The van der Waals surface area contributed by atoms with Gasteiger partial charge in [0.05, 0.1) is 51.2 Å². The summed E-state index contributed by atoms with van der Waals surface area (Å²) in [4.78, 5) is 95.9. The van der Waals surface area contributed by atoms with Gasteiger partial charge in [-0.2, -0.15) is 0 Å². The van der Waals surface area contributed by atoms with Crippen LogP contribution in [0.5, 0.6) is 5.75 Å². The SMILES string of the molecule is CCC[C@H](NC)C(=O)CC[C@@H](CCCCNC(=O)CC[C@H](NC(=O)COCCOCCNC(=O)COCCOCCCC(=O)CCCCCCCCCOc1ccc(C(=O)O)cc1)C(=O)O)C(C)=O. The minimum atomic E-state index is -1.28. The van der Waals surface area contributed by atoms with Crippen molar-refractivity contribution >= 4 is 47.0 Å². The van der Waals surface area contributed by atoms with Gasteiger partial charge in [-0.3, -0.25) is 28.8 Å². The lowest BCUT2D eigenvalue weighted by Gasteiger charge is -2.17. The normalized spacial score (nSPS) is 12.4. The van der Waals surface area contributed by atoms with Crippen LogP contribution in [0.2, 0.25) is 0 Å². The number of rotatable bonds is 47. The van der Waals surface area contributed by atoms with E-state index in [0.717, 1.165) is 57.8 Å². The van der Waals surface area contributed by atoms with Gasteiger partial charge in [-0.1, -0.05) is 51.9 Å². The molecule has 0 spiro atoms. The van der Waals surface area contributed by atoms with Gasteiger partial charge in [-0.25, -0.2) is 9.59 Å². The van der Waals surface area contributed by atoms with Crippen LogP contribution >= 0.6 is 0 Å². The zero-order valence-corrected chi connectivity index (χ0v) is 41.5. The number of nitrogens with one attached hydrogen (secondary N) is 4. The number of Topliss-reactive ketones (excluding diaryl/α,β-unsaturated/α-hetero) is 3. The van der Waals surface area contributed by atoms with Gasteiger partial charge in [0, 0.05) is 51.3 Å². The maximum absolute atomic E-state index is 12.5. The molecule has 1 aromatic carbocycles. The summed E-state index contributed by atoms with van der Waals surface area (Å²) in [5, 5.41) is 29.3. The lowest BCUT2D eigenvalue weighted by molar-refractivity contribution is -0.143. The van der Waals surface area contributed by atoms with E-state index in [0.29, 0.717) is 83.5 Å². The molecule has 69 heavy (non-hydrogen) atoms. The first-order valence-corrected chi connectivity index (χ1v) is 24.8. The van der Waals surface area contributed by atoms with Crippen LogP contribution in [0, 0.1) is 5.92 Å². The van der Waals surface area contributed by atoms with Crippen molar-refractivity contribution in [1.82, 2.24) is 21.3 Å². The molecule has 0 aliphatic carbocycles. The highest BCUT2D eigenvalue weighted by molar-refractivity contribution is 5.88. The van der Waals surface area contributed by atoms with Crippen LogP contribution in [0.3, 0.4) is 0 Å². The molecule has 1 rings (SSSR count). The summed E-state index contributed by atoms with van der Waals surface area (Å²) in [6.45, 7) is 5.54. The average Bonchev–Trinajstić information content (AvgIpc) is 3.32. The molecule has 0 aliphatic heterocycles. The second-order valence-corrected chi connectivity index (χ2v) is 17.0. The molecule has 0 fully saturated rings. The highest BCUT2D eigenvalue weighted by Crippen LogP contribution is 2.18. The molecular formula is C50H82N4O15. The monoisotopic (exact) mass is 979 g/mol. The minimum Gasteiger partial charge on any atom is -0.494 e. The highest BCUT2D eigenvalue weighted by Gasteiger charge is 2.22. The predicted octanol–water partition coefficient (Wildman–Crippen LogP) is 5.00. The first kappa shape index (κ1) is 62.2. The van der Waals surface area contributed by atoms with Crippen LogP contribution in [0.15, 0.2) is 24.3 Å². The maximum atomic E-state index is 12.5. The molecule has 1 aromatic rings. The highest BCUT2D eigenvalue weighted by atomic mass is 16.5. The van der Waals surface area contributed by atoms with Crippen LogP contribution in [-0.4, -0.2) is 149 Å². The van der Waals surface area contributed by atoms with Crippen molar-refractivity contribution in [2.75, 3.05) is 79.6 Å². The average molecular weight is 979 g/mol. The summed E-state index contributed by atoms with van der Waals surface area (Å²) in [7, 11) is 1.76. The fraction of sp³-hybridized carbons (Fsp3) is 0.720. The van der Waals surface area contributed by atoms with Gasteiger partial charge < -0.3 is 55.2 Å². The third kappa shape index (κ3) is 34.2. The number of aliphatic carboxylic acids is 1. The molecule has 0 saturated carbocycles. The van der Waals surface area contributed by atoms with Crippen molar-refractivity contribution in [2.45, 2.75) is 148 Å². The standard InChI is InChI=1S/C50H82N4O15/c1-4-15-43(51-3)45(57)25-21-39(38(2)55)16-11-12-27-52-46(58)26-24-44(50(63)64)54-48(60)37-68-35-33-66-31-28-53-47(59)36-67-34-32-65-29-14-18-41(56)17-10-8-6-5-7-9-13-30-69-42-22-19-40(20-23-42)49(61)62/h19-20,22-23,39,43-44,51H,4-18,21,24-37H2,1-3H3,(H,52,58)(H,53,59)(H,54,60)(H,61,62)(H,63,64)/t39-,43+,44+/m1/s1. The largest absolute Gasteiger partial charge is 0.494 e. The van der Waals surface area contributed by atoms with Crippen LogP contribution in [-0.2, 0) is 52.5 Å². The molecule has 0 aliphatic rings. The predicted molar refractivity (Wildman–Crippen MR) is 258 cm³/mol. The molecule has 6 N–H and O–H groups in total. The number of unbranched alkanes of at least 4 members (excludes halogenated alkanes) is 7. The van der Waals surface area contributed by atoms with E-state index in [9.17, 15) is 43.5 Å². The van der Waals surface area contributed by atoms with Crippen molar-refractivity contribution in [3.63, 3.8) is 0 Å². The van der Waals surface area contributed by atoms with Gasteiger partial charge in [0.25, 0.3) is 0 Å². The third-order valence-corrected chi connectivity index (χ3v) is 11.2. The topological polar surface area (TPSA) is 271 Å². The molecule has 3 amide bonds. The van der Waals surface area contributed by atoms with Crippen molar-refractivity contribution in [1.29, 1.82) is 0 Å². The van der Waals surface area contributed by atoms with E-state index in [1.807, 2.05) is 6.92 Å². The van der Waals surface area contributed by atoms with Crippen molar-refractivity contribution < 1.29 is 72.3 Å². The Bertz CT molecular complexity index is 1630. The van der Waals surface area contributed by atoms with Crippen molar-refractivity contribution in [3.05, 3.63) is 29.8 Å². The molecule has 0 bridgehead atoms. The number of likely N-dealkylation sites (N-methyl/N-ethyl adjacent to an activating group) is 1. The lowest BCUT2D eigenvalue weighted by atomic mass is 9.90. The van der Waals surface area contributed by atoms with Crippen LogP contribution in [0.25, 0.3) is 0 Å². The van der Waals surface area contributed by atoms with Gasteiger partial charge in [0.1, 0.15) is 42.4 Å². The molecule has 0 unspecified atom stereocenters. The van der Waals surface area contributed by atoms with Crippen molar-refractivity contribution in [2.24, 2.45) is 5.92 Å². The Labute approximate surface area is 408 Å². The summed E-state index contributed by atoms with van der Waals surface area (Å²) in [6, 6.07) is 4.93. The Morgan fingerprint density at radius 1 is 0.551 bits per heavy atom. The number of carbonyl (C=O) groups is 8. The number of benzene rings is 1. The molecule has 0 radical (unpaired) electrons. The Morgan fingerprint density at radius 3 is 1.80 bits per heavy atom. The number of ether oxygens (including phenoxy) is 5. The van der Waals surface area contributed by atoms with Crippen LogP contribution < -0.4 is 26.0 Å². The Morgan fingerprint density at radius 2 is 1.16 bits per heavy atom. The Kier molecular flexibility index (Phi) is 37.0. The number of carboxylic acid groups (broad SMARTS) is 2. The number of ketones is 3. The van der Waals surface area contributed by atoms with E-state index in [1.54, 1.807) is 19.2 Å². The number of hydrogen-bond acceptors (Lipinski definition) is 14. The summed E-state index contributed by atoms with van der Waals surface area (Å²) in [6.07, 6.45) is 13.1. The quantitative estimate of drug-likeness (QED) is 0.0470. The second kappa shape index (κ2) is 41.0. The first-order chi connectivity index (χ1) is 33.3. The number of carboxylic acids is 2. The number of carbonyl (C=O) groups excluding carboxylic acids is 6. The second-order valence-electron chi connectivity index (χ2n) is 17.0. The lowest BCUT2D eigenvalue weighted by Crippen LogP contribution is -2.43. The van der Waals surface area contributed by atoms with E-state index in [2.05, 4.69) is 21.3 Å². The van der Waals surface area contributed by atoms with Gasteiger partial charge in [0.15, 0.2) is 0 Å². The van der Waals surface area contributed by atoms with Gasteiger partial charge >= 0.3 is 11.9 Å². The summed E-state index contributed by atoms with van der Waals surface area (Å²) in [5.41, 5.74) is 0.237. The first-order valence-electron chi connectivity index (χ1n) is 24.8. The van der Waals surface area contributed by atoms with E-state index >= 15 is 0 Å². The van der Waals surface area contributed by atoms with Crippen LogP contribution in [0.4, 0.5) is 0 Å². The zero-order valence-electron chi connectivity index (χ0n) is 41.5. The Hall–Kier alpha value is -4.82. The third-order valence-electron chi connectivity index (χ3n) is 11.2. The molecule has 3 atom stereocenters. The van der Waals surface area contributed by atoms with Gasteiger partial charge in [-0.05, 0) is 89.6 Å². The molecule has 0 saturated heterocycles. The van der Waals surface area contributed by atoms with Crippen LogP contribution in [0.1, 0.15) is 146 Å². The molecule has 392 valence electrons. The molecule has 19 nitrogen and oxygen atoms in total. The number of amides is 3. The van der Waals surface area contributed by atoms with E-state index in [4.69, 9.17) is 28.8 Å². The van der Waals surface area contributed by atoms with Gasteiger partial charge in [0.2, 0.25) is 17.7 Å². The van der Waals surface area contributed by atoms with E-state index < -0.39 is 30.5 Å². The maximum Gasteiger partial charge on any atom is 0.335 e. The summed E-state index contributed by atoms with van der Waals surface area (Å²) in [5.74, 6) is -2.73. The molecule has 0 heterocycles. The summed E-state index contributed by atoms with van der Waals surface area (Å²) < 4.78 is 27.1.